The van der Waals surface area contributed by atoms with Crippen molar-refractivity contribution >= 4 is 0 Å². The van der Waals surface area contributed by atoms with E-state index in [1.54, 1.807) is 5.57 Å². The topological polar surface area (TPSA) is 23.5 Å². The molecule has 0 aromatic rings. The van der Waals surface area contributed by atoms with Gasteiger partial charge in [-0.25, -0.2) is 0 Å². The SMILES string of the molecule is CC1=CCCC(C)C1CN1CC[C@@H](O)C1. The van der Waals surface area contributed by atoms with Crippen LogP contribution >= 0.6 is 0 Å². The summed E-state index contributed by atoms with van der Waals surface area (Å²) in [6, 6.07) is 0. The minimum Gasteiger partial charge on any atom is -0.392 e. The second-order valence-corrected chi connectivity index (χ2v) is 5.31. The van der Waals surface area contributed by atoms with Gasteiger partial charge in [0.05, 0.1) is 6.10 Å². The largest absolute Gasteiger partial charge is 0.392 e. The van der Waals surface area contributed by atoms with E-state index in [0.717, 1.165) is 37.9 Å². The number of allylic oxidation sites excluding steroid dienone is 1. The van der Waals surface area contributed by atoms with Crippen LogP contribution in [0.2, 0.25) is 0 Å². The molecule has 0 radical (unpaired) electrons. The van der Waals surface area contributed by atoms with Gasteiger partial charge in [-0.3, -0.25) is 0 Å². The second-order valence-electron chi connectivity index (χ2n) is 5.31. The van der Waals surface area contributed by atoms with Crippen molar-refractivity contribution in [3.05, 3.63) is 11.6 Å². The zero-order valence-corrected chi connectivity index (χ0v) is 9.95. The first-order valence-corrected chi connectivity index (χ1v) is 6.24. The fraction of sp³-hybridized carbons (Fsp3) is 0.846. The average Bonchev–Trinajstić information content (AvgIpc) is 2.58. The van der Waals surface area contributed by atoms with E-state index in [-0.39, 0.29) is 6.10 Å². The lowest BCUT2D eigenvalue weighted by atomic mass is 9.80. The molecule has 2 rings (SSSR count). The first kappa shape index (κ1) is 11.2. The van der Waals surface area contributed by atoms with Crippen molar-refractivity contribution in [2.24, 2.45) is 11.8 Å². The minimum atomic E-state index is -0.0758. The van der Waals surface area contributed by atoms with Gasteiger partial charge < -0.3 is 10.0 Å². The Morgan fingerprint density at radius 1 is 1.47 bits per heavy atom. The van der Waals surface area contributed by atoms with Crippen LogP contribution in [0, 0.1) is 11.8 Å². The van der Waals surface area contributed by atoms with E-state index in [9.17, 15) is 5.11 Å². The molecule has 1 fully saturated rings. The molecule has 0 saturated carbocycles. The molecule has 3 atom stereocenters. The Morgan fingerprint density at radius 2 is 2.27 bits per heavy atom. The lowest BCUT2D eigenvalue weighted by Gasteiger charge is -2.32. The number of hydrogen-bond acceptors (Lipinski definition) is 2. The maximum Gasteiger partial charge on any atom is 0.0679 e. The standard InChI is InChI=1S/C13H23NO/c1-10-4-3-5-11(2)13(10)9-14-7-6-12(15)8-14/h4,11-13,15H,3,5-9H2,1-2H3/t11?,12-,13?/m1/s1. The van der Waals surface area contributed by atoms with Gasteiger partial charge in [-0.05, 0) is 38.0 Å². The van der Waals surface area contributed by atoms with Crippen LogP contribution in [-0.4, -0.2) is 35.7 Å². The van der Waals surface area contributed by atoms with Gasteiger partial charge in [-0.15, -0.1) is 0 Å². The zero-order valence-electron chi connectivity index (χ0n) is 9.95. The second kappa shape index (κ2) is 4.67. The molecule has 0 aromatic heterocycles. The molecule has 1 N–H and O–H groups in total. The third kappa shape index (κ3) is 2.61. The smallest absolute Gasteiger partial charge is 0.0679 e. The molecule has 86 valence electrons. The maximum absolute atomic E-state index is 9.50. The predicted molar refractivity (Wildman–Crippen MR) is 62.7 cm³/mol. The third-order valence-electron chi connectivity index (χ3n) is 4.06. The van der Waals surface area contributed by atoms with Crippen LogP contribution in [0.4, 0.5) is 0 Å². The number of nitrogens with zero attached hydrogens (tertiary/aromatic N) is 1. The minimum absolute atomic E-state index is 0.0758. The van der Waals surface area contributed by atoms with E-state index >= 15 is 0 Å². The number of hydrogen-bond donors (Lipinski definition) is 1. The van der Waals surface area contributed by atoms with Crippen molar-refractivity contribution in [3.63, 3.8) is 0 Å². The number of aliphatic hydroxyl groups excluding tert-OH is 1. The normalized spacial score (nSPS) is 38.1. The summed E-state index contributed by atoms with van der Waals surface area (Å²) < 4.78 is 0. The van der Waals surface area contributed by atoms with Gasteiger partial charge in [0, 0.05) is 19.6 Å². The lowest BCUT2D eigenvalue weighted by molar-refractivity contribution is 0.165. The Balaban J connectivity index is 1.92. The maximum atomic E-state index is 9.50. The van der Waals surface area contributed by atoms with Gasteiger partial charge in [-0.1, -0.05) is 18.6 Å². The van der Waals surface area contributed by atoms with Crippen molar-refractivity contribution in [1.29, 1.82) is 0 Å². The fourth-order valence-corrected chi connectivity index (χ4v) is 2.96. The van der Waals surface area contributed by atoms with Crippen molar-refractivity contribution in [2.45, 2.75) is 39.2 Å². The zero-order chi connectivity index (χ0) is 10.8. The molecule has 1 aliphatic carbocycles. The third-order valence-corrected chi connectivity index (χ3v) is 4.06. The Morgan fingerprint density at radius 3 is 2.87 bits per heavy atom. The highest BCUT2D eigenvalue weighted by molar-refractivity contribution is 5.09. The van der Waals surface area contributed by atoms with E-state index in [4.69, 9.17) is 0 Å². The predicted octanol–water partition coefficient (Wildman–Crippen LogP) is 2.05. The van der Waals surface area contributed by atoms with E-state index < -0.39 is 0 Å². The molecule has 2 nitrogen and oxygen atoms in total. The fourth-order valence-electron chi connectivity index (χ4n) is 2.96. The molecule has 1 aliphatic heterocycles. The van der Waals surface area contributed by atoms with E-state index in [1.807, 2.05) is 0 Å². The number of likely N-dealkylation sites (tertiary alicyclic amines) is 1. The van der Waals surface area contributed by atoms with Crippen LogP contribution in [0.15, 0.2) is 11.6 Å². The van der Waals surface area contributed by atoms with Crippen LogP contribution in [-0.2, 0) is 0 Å². The summed E-state index contributed by atoms with van der Waals surface area (Å²) in [5.74, 6) is 1.54. The molecule has 0 bridgehead atoms. The Kier molecular flexibility index (Phi) is 3.47. The number of aliphatic hydroxyl groups is 1. The van der Waals surface area contributed by atoms with Gasteiger partial charge in [0.2, 0.25) is 0 Å². The van der Waals surface area contributed by atoms with E-state index in [0.29, 0.717) is 0 Å². The molecular formula is C13H23NO. The van der Waals surface area contributed by atoms with Crippen LogP contribution in [0.5, 0.6) is 0 Å². The highest BCUT2D eigenvalue weighted by atomic mass is 16.3. The quantitative estimate of drug-likeness (QED) is 0.704. The molecule has 0 spiro atoms. The van der Waals surface area contributed by atoms with Crippen LogP contribution < -0.4 is 0 Å². The lowest BCUT2D eigenvalue weighted by Crippen LogP contribution is -2.33. The first-order chi connectivity index (χ1) is 7.16. The Hall–Kier alpha value is -0.340. The van der Waals surface area contributed by atoms with Crippen molar-refractivity contribution in [3.8, 4) is 0 Å². The number of β-amino-alcohol motifs (C(OH)–C–C–N with tert-alkyl or cyclic N) is 1. The van der Waals surface area contributed by atoms with Gasteiger partial charge in [0.15, 0.2) is 0 Å². The molecular weight excluding hydrogens is 186 g/mol. The van der Waals surface area contributed by atoms with Crippen LogP contribution in [0.25, 0.3) is 0 Å². The van der Waals surface area contributed by atoms with Crippen LogP contribution in [0.3, 0.4) is 0 Å². The van der Waals surface area contributed by atoms with Gasteiger partial charge in [-0.2, -0.15) is 0 Å². The summed E-state index contributed by atoms with van der Waals surface area (Å²) in [6.07, 6.45) is 5.87. The molecule has 2 unspecified atom stereocenters. The van der Waals surface area contributed by atoms with E-state index in [1.165, 1.54) is 12.8 Å². The molecule has 2 heteroatoms. The van der Waals surface area contributed by atoms with Crippen molar-refractivity contribution < 1.29 is 5.11 Å². The van der Waals surface area contributed by atoms with Gasteiger partial charge in [0.25, 0.3) is 0 Å². The highest BCUT2D eigenvalue weighted by Gasteiger charge is 2.27. The Bertz CT molecular complexity index is 249. The highest BCUT2D eigenvalue weighted by Crippen LogP contribution is 2.31. The number of rotatable bonds is 2. The molecule has 0 amide bonds. The summed E-state index contributed by atoms with van der Waals surface area (Å²) in [5.41, 5.74) is 1.56. The molecule has 1 saturated heterocycles. The average molecular weight is 209 g/mol. The molecule has 1 heterocycles. The summed E-state index contributed by atoms with van der Waals surface area (Å²) in [4.78, 5) is 2.43. The Labute approximate surface area is 93.0 Å². The van der Waals surface area contributed by atoms with Crippen molar-refractivity contribution in [2.75, 3.05) is 19.6 Å². The monoisotopic (exact) mass is 209 g/mol. The molecule has 15 heavy (non-hydrogen) atoms. The molecule has 2 aliphatic rings. The summed E-state index contributed by atoms with van der Waals surface area (Å²) in [5, 5.41) is 9.50. The summed E-state index contributed by atoms with van der Waals surface area (Å²) >= 11 is 0. The van der Waals surface area contributed by atoms with Gasteiger partial charge in [0.1, 0.15) is 0 Å². The van der Waals surface area contributed by atoms with E-state index in [2.05, 4.69) is 24.8 Å². The first-order valence-electron chi connectivity index (χ1n) is 6.24. The van der Waals surface area contributed by atoms with Crippen molar-refractivity contribution in [1.82, 2.24) is 4.90 Å². The summed E-state index contributed by atoms with van der Waals surface area (Å²) in [7, 11) is 0. The molecule has 0 aromatic carbocycles. The van der Waals surface area contributed by atoms with Crippen LogP contribution in [0.1, 0.15) is 33.1 Å². The summed E-state index contributed by atoms with van der Waals surface area (Å²) in [6.45, 7) is 7.76. The van der Waals surface area contributed by atoms with Gasteiger partial charge >= 0.3 is 0 Å².